The van der Waals surface area contributed by atoms with E-state index in [2.05, 4.69) is 10.6 Å². The van der Waals surface area contributed by atoms with E-state index >= 15 is 0 Å². The monoisotopic (exact) mass is 353 g/mol. The van der Waals surface area contributed by atoms with E-state index in [0.717, 1.165) is 24.4 Å². The number of carbonyl (C=O) groups is 2. The molecule has 0 atom stereocenters. The van der Waals surface area contributed by atoms with E-state index in [-0.39, 0.29) is 11.9 Å². The highest BCUT2D eigenvalue weighted by Gasteiger charge is 2.21. The van der Waals surface area contributed by atoms with Crippen LogP contribution in [-0.2, 0) is 4.79 Å². The van der Waals surface area contributed by atoms with Gasteiger partial charge in [-0.3, -0.25) is 4.79 Å². The fourth-order valence-electron chi connectivity index (χ4n) is 2.79. The van der Waals surface area contributed by atoms with E-state index in [4.69, 9.17) is 4.74 Å². The molecule has 1 fully saturated rings. The van der Waals surface area contributed by atoms with Crippen LogP contribution in [0.5, 0.6) is 5.75 Å². The number of benzene rings is 2. The highest BCUT2D eigenvalue weighted by atomic mass is 16.5. The summed E-state index contributed by atoms with van der Waals surface area (Å²) in [6, 6.07) is 14.8. The number of amides is 3. The summed E-state index contributed by atoms with van der Waals surface area (Å²) in [6.45, 7) is 3.57. The first-order chi connectivity index (χ1) is 12.6. The molecule has 1 saturated heterocycles. The lowest BCUT2D eigenvalue weighted by Crippen LogP contribution is -2.32. The number of nitrogens with one attached hydrogen (secondary N) is 2. The van der Waals surface area contributed by atoms with Crippen molar-refractivity contribution in [2.24, 2.45) is 0 Å². The van der Waals surface area contributed by atoms with Crippen LogP contribution in [0.4, 0.5) is 16.2 Å². The zero-order valence-electron chi connectivity index (χ0n) is 14.8. The van der Waals surface area contributed by atoms with Gasteiger partial charge in [-0.15, -0.1) is 0 Å². The molecule has 1 heterocycles. The second-order valence-electron chi connectivity index (χ2n) is 6.24. The Kier molecular flexibility index (Phi) is 5.73. The van der Waals surface area contributed by atoms with Gasteiger partial charge < -0.3 is 20.3 Å². The average Bonchev–Trinajstić information content (AvgIpc) is 3.07. The van der Waals surface area contributed by atoms with Crippen LogP contribution >= 0.6 is 0 Å². The van der Waals surface area contributed by atoms with Gasteiger partial charge in [0.25, 0.3) is 0 Å². The number of hydrogen-bond acceptors (Lipinski definition) is 3. The van der Waals surface area contributed by atoms with Crippen LogP contribution in [0.1, 0.15) is 18.4 Å². The second kappa shape index (κ2) is 8.38. The molecule has 0 unspecified atom stereocenters. The number of urea groups is 1. The van der Waals surface area contributed by atoms with Crippen LogP contribution in [0.3, 0.4) is 0 Å². The number of anilines is 2. The quantitative estimate of drug-likeness (QED) is 0.783. The highest BCUT2D eigenvalue weighted by molar-refractivity contribution is 5.96. The first-order valence-corrected chi connectivity index (χ1v) is 8.76. The summed E-state index contributed by atoms with van der Waals surface area (Å²) in [4.78, 5) is 25.4. The molecule has 0 spiro atoms. The largest absolute Gasteiger partial charge is 0.492 e. The molecule has 0 radical (unpaired) electrons. The van der Waals surface area contributed by atoms with Crippen molar-refractivity contribution in [3.8, 4) is 5.75 Å². The lowest BCUT2D eigenvalue weighted by atomic mass is 10.2. The summed E-state index contributed by atoms with van der Waals surface area (Å²) in [5, 5.41) is 5.52. The van der Waals surface area contributed by atoms with E-state index in [0.29, 0.717) is 25.3 Å². The van der Waals surface area contributed by atoms with Gasteiger partial charge in [0.1, 0.15) is 12.4 Å². The zero-order chi connectivity index (χ0) is 18.4. The third kappa shape index (κ3) is 4.75. The number of hydrogen-bond donors (Lipinski definition) is 2. The highest BCUT2D eigenvalue weighted by Crippen LogP contribution is 2.22. The molecular formula is C20H23N3O3. The van der Waals surface area contributed by atoms with E-state index in [1.165, 1.54) is 5.56 Å². The molecule has 2 aromatic rings. The predicted molar refractivity (Wildman–Crippen MR) is 102 cm³/mol. The van der Waals surface area contributed by atoms with Crippen molar-refractivity contribution in [2.75, 3.05) is 29.9 Å². The van der Waals surface area contributed by atoms with E-state index in [9.17, 15) is 9.59 Å². The minimum Gasteiger partial charge on any atom is -0.492 e. The van der Waals surface area contributed by atoms with Gasteiger partial charge in [-0.2, -0.15) is 0 Å². The summed E-state index contributed by atoms with van der Waals surface area (Å²) < 4.78 is 5.56. The molecule has 3 rings (SSSR count). The van der Waals surface area contributed by atoms with Gasteiger partial charge >= 0.3 is 6.03 Å². The van der Waals surface area contributed by atoms with Crippen LogP contribution in [-0.4, -0.2) is 31.6 Å². The SMILES string of the molecule is Cc1ccc(OCCNC(=O)Nc2ccc(N3CCCC3=O)cc2)cc1. The Bertz CT molecular complexity index is 757. The molecular weight excluding hydrogens is 330 g/mol. The van der Waals surface area contributed by atoms with E-state index in [1.807, 2.05) is 43.3 Å². The number of rotatable bonds is 6. The molecule has 1 aliphatic rings. The lowest BCUT2D eigenvalue weighted by Gasteiger charge is -2.16. The maximum atomic E-state index is 11.9. The zero-order valence-corrected chi connectivity index (χ0v) is 14.8. The number of carbonyl (C=O) groups excluding carboxylic acids is 2. The molecule has 6 nitrogen and oxygen atoms in total. The molecule has 0 aromatic heterocycles. The van der Waals surface area contributed by atoms with Crippen molar-refractivity contribution >= 4 is 23.3 Å². The molecule has 2 N–H and O–H groups in total. The van der Waals surface area contributed by atoms with E-state index < -0.39 is 0 Å². The maximum Gasteiger partial charge on any atom is 0.319 e. The molecule has 26 heavy (non-hydrogen) atoms. The molecule has 1 aliphatic heterocycles. The van der Waals surface area contributed by atoms with Gasteiger partial charge in [-0.1, -0.05) is 17.7 Å². The van der Waals surface area contributed by atoms with Crippen LogP contribution in [0.15, 0.2) is 48.5 Å². The minimum atomic E-state index is -0.289. The smallest absolute Gasteiger partial charge is 0.319 e. The molecule has 0 saturated carbocycles. The van der Waals surface area contributed by atoms with Gasteiger partial charge in [0.15, 0.2) is 0 Å². The number of nitrogens with zero attached hydrogens (tertiary/aromatic N) is 1. The second-order valence-corrected chi connectivity index (χ2v) is 6.24. The fraction of sp³-hybridized carbons (Fsp3) is 0.300. The van der Waals surface area contributed by atoms with Gasteiger partial charge in [0.2, 0.25) is 5.91 Å². The Balaban J connectivity index is 1.40. The summed E-state index contributed by atoms with van der Waals surface area (Å²) in [5.74, 6) is 0.932. The summed E-state index contributed by atoms with van der Waals surface area (Å²) in [7, 11) is 0. The molecule has 2 aromatic carbocycles. The molecule has 0 bridgehead atoms. The van der Waals surface area contributed by atoms with Gasteiger partial charge in [-0.05, 0) is 49.7 Å². The third-order valence-corrected chi connectivity index (χ3v) is 4.19. The normalized spacial score (nSPS) is 13.6. The Labute approximate surface area is 153 Å². The maximum absolute atomic E-state index is 11.9. The van der Waals surface area contributed by atoms with Gasteiger partial charge in [0.05, 0.1) is 6.54 Å². The van der Waals surface area contributed by atoms with Crippen molar-refractivity contribution in [1.82, 2.24) is 5.32 Å². The first kappa shape index (κ1) is 17.8. The van der Waals surface area contributed by atoms with Gasteiger partial charge in [-0.25, -0.2) is 4.79 Å². The standard InChI is InChI=1S/C20H23N3O3/c1-15-4-10-18(11-5-15)26-14-12-21-20(25)22-16-6-8-17(9-7-16)23-13-2-3-19(23)24/h4-11H,2-3,12-14H2,1H3,(H2,21,22,25). The average molecular weight is 353 g/mol. The van der Waals surface area contributed by atoms with Crippen molar-refractivity contribution in [2.45, 2.75) is 19.8 Å². The molecule has 136 valence electrons. The summed E-state index contributed by atoms with van der Waals surface area (Å²) in [6.07, 6.45) is 1.50. The van der Waals surface area contributed by atoms with Crippen LogP contribution in [0, 0.1) is 6.92 Å². The van der Waals surface area contributed by atoms with Crippen LogP contribution in [0.2, 0.25) is 0 Å². The summed E-state index contributed by atoms with van der Waals surface area (Å²) in [5.41, 5.74) is 2.72. The van der Waals surface area contributed by atoms with Crippen molar-refractivity contribution < 1.29 is 14.3 Å². The van der Waals surface area contributed by atoms with E-state index in [1.54, 1.807) is 17.0 Å². The Morgan fingerprint density at radius 1 is 1.12 bits per heavy atom. The Morgan fingerprint density at radius 2 is 1.85 bits per heavy atom. The van der Waals surface area contributed by atoms with Gasteiger partial charge in [0, 0.05) is 24.3 Å². The predicted octanol–water partition coefficient (Wildman–Crippen LogP) is 3.32. The van der Waals surface area contributed by atoms with Crippen molar-refractivity contribution in [1.29, 1.82) is 0 Å². The fourth-order valence-corrected chi connectivity index (χ4v) is 2.79. The topological polar surface area (TPSA) is 70.7 Å². The molecule has 0 aliphatic carbocycles. The molecule has 3 amide bonds. The third-order valence-electron chi connectivity index (χ3n) is 4.19. The number of ether oxygens (including phenoxy) is 1. The first-order valence-electron chi connectivity index (χ1n) is 8.76. The van der Waals surface area contributed by atoms with Crippen LogP contribution in [0.25, 0.3) is 0 Å². The minimum absolute atomic E-state index is 0.150. The number of aryl methyl sites for hydroxylation is 1. The van der Waals surface area contributed by atoms with Crippen molar-refractivity contribution in [3.05, 3.63) is 54.1 Å². The van der Waals surface area contributed by atoms with Crippen LogP contribution < -0.4 is 20.3 Å². The summed E-state index contributed by atoms with van der Waals surface area (Å²) >= 11 is 0. The van der Waals surface area contributed by atoms with Crippen molar-refractivity contribution in [3.63, 3.8) is 0 Å². The Hall–Kier alpha value is -3.02. The Morgan fingerprint density at radius 3 is 2.50 bits per heavy atom. The lowest BCUT2D eigenvalue weighted by molar-refractivity contribution is -0.117. The molecule has 6 heteroatoms.